The van der Waals surface area contributed by atoms with Crippen LogP contribution in [0.1, 0.15) is 92.4 Å². The Morgan fingerprint density at radius 1 is 0.575 bits per heavy atom. The molecule has 9 fully saturated rings. The largest absolute Gasteiger partial charge is 0.394 e. The van der Waals surface area contributed by atoms with Crippen LogP contribution in [0.4, 0.5) is 0 Å². The van der Waals surface area contributed by atoms with Crippen LogP contribution in [0.2, 0.25) is 0 Å². The van der Waals surface area contributed by atoms with Gasteiger partial charge in [-0.05, 0) is 98.7 Å². The molecule has 6 heterocycles. The van der Waals surface area contributed by atoms with E-state index in [4.69, 9.17) is 47.4 Å². The van der Waals surface area contributed by atoms with Crippen LogP contribution >= 0.6 is 0 Å². The van der Waals surface area contributed by atoms with E-state index >= 15 is 0 Å². The topological polar surface area (TPSA) is 335 Å². The van der Waals surface area contributed by atoms with E-state index < -0.39 is 148 Å². The molecule has 0 amide bonds. The van der Waals surface area contributed by atoms with Crippen molar-refractivity contribution in [1.29, 1.82) is 0 Å². The molecule has 6 unspecified atom stereocenters. The lowest BCUT2D eigenvalue weighted by Crippen LogP contribution is -2.67. The van der Waals surface area contributed by atoms with Crippen LogP contribution in [-0.2, 0) is 47.4 Å². The molecular weight excluding hydrogens is 965 g/mol. The SMILES string of the molecule is CC1C2C(CC3C4CC=C5C[C@@H](O[C@@H]6O[C@H](CO)[C@H](O[C@H]7O[C@@H](CO)[C@H](O)[C@@H](O)[C@@H]7O[C@@H]7O[C@H](CO)[C@@H](O[C@@H]8O[C@@H](C)[C@H](O)[C@@H](O)[C@H]8O)[C@H](O)[C@H]7O)[C@H](O)[C@H]6O)CC[C@]5(C)C4CC[C@@]32C)O[C@]12CC[C@@H](C)CO2. The van der Waals surface area contributed by atoms with Crippen LogP contribution in [0, 0.1) is 46.3 Å². The second-order valence-corrected chi connectivity index (χ2v) is 23.9. The molecule has 0 bridgehead atoms. The lowest BCUT2D eigenvalue weighted by atomic mass is 9.47. The smallest absolute Gasteiger partial charge is 0.187 e. The van der Waals surface area contributed by atoms with Crippen molar-refractivity contribution in [2.45, 2.75) is 233 Å². The van der Waals surface area contributed by atoms with Crippen LogP contribution in [0.25, 0.3) is 0 Å². The molecule has 0 aromatic carbocycles. The first-order chi connectivity index (χ1) is 34.7. The predicted molar refractivity (Wildman–Crippen MR) is 247 cm³/mol. The molecule has 10 rings (SSSR count). The summed E-state index contributed by atoms with van der Waals surface area (Å²) >= 11 is 0. The summed E-state index contributed by atoms with van der Waals surface area (Å²) in [6.07, 6.45) is -22.7. The summed E-state index contributed by atoms with van der Waals surface area (Å²) in [7, 11) is 0. The molecule has 10 aliphatic rings. The number of allylic oxidation sites excluding steroid dienone is 1. The molecular formula is C51H82O22. The third kappa shape index (κ3) is 9.42. The lowest BCUT2D eigenvalue weighted by Gasteiger charge is -2.58. The Kier molecular flexibility index (Phi) is 16.0. The fraction of sp³-hybridized carbons (Fsp3) is 0.961. The highest BCUT2D eigenvalue weighted by Gasteiger charge is 2.69. The molecule has 418 valence electrons. The summed E-state index contributed by atoms with van der Waals surface area (Å²) in [4.78, 5) is 0. The second kappa shape index (κ2) is 21.2. The maximum atomic E-state index is 11.7. The number of ether oxygens (including phenoxy) is 10. The Morgan fingerprint density at radius 3 is 1.78 bits per heavy atom. The van der Waals surface area contributed by atoms with E-state index in [9.17, 15) is 61.3 Å². The standard InChI is InChI=1S/C51H82O22/c1-20-8-13-51(64-19-20)21(2)32-28(73-51)15-27-25-7-6-23-14-24(9-11-49(23,4)26(25)10-12-50(27,32)5)66-46-40(62)37(59)43(31(18-54)68-46)71-48-44(36(58)34(56)29(16-52)67-48)72-47-41(63)38(60)42(30(17-53)69-47)70-45-39(61)35(57)33(55)22(3)65-45/h6,20-22,24-48,52-63H,7-19H2,1-5H3/t20-,21?,22+,24+,25?,26?,27?,28?,29+,30-,31-,32?,33+,34+,35-,36-,37-,38-,39-,40-,41-,42-,43+,44+,45+,46-,47+,48-,49+,50+,51-/m1/s1. The molecule has 1 spiro atoms. The van der Waals surface area contributed by atoms with E-state index in [2.05, 4.69) is 33.8 Å². The van der Waals surface area contributed by atoms with Crippen molar-refractivity contribution in [3.8, 4) is 0 Å². The van der Waals surface area contributed by atoms with E-state index in [-0.39, 0.29) is 23.0 Å². The average molecular weight is 1050 g/mol. The molecule has 22 nitrogen and oxygen atoms in total. The van der Waals surface area contributed by atoms with Crippen molar-refractivity contribution in [2.24, 2.45) is 46.3 Å². The highest BCUT2D eigenvalue weighted by molar-refractivity contribution is 5.26. The van der Waals surface area contributed by atoms with Gasteiger partial charge in [0.2, 0.25) is 0 Å². The zero-order chi connectivity index (χ0) is 52.2. The highest BCUT2D eigenvalue weighted by Crippen LogP contribution is 2.71. The monoisotopic (exact) mass is 1050 g/mol. The van der Waals surface area contributed by atoms with Crippen LogP contribution < -0.4 is 0 Å². The Morgan fingerprint density at radius 2 is 1.15 bits per heavy atom. The molecule has 0 aromatic heterocycles. The van der Waals surface area contributed by atoms with Crippen molar-refractivity contribution in [3.05, 3.63) is 11.6 Å². The van der Waals surface area contributed by atoms with Gasteiger partial charge in [0.25, 0.3) is 0 Å². The van der Waals surface area contributed by atoms with Gasteiger partial charge >= 0.3 is 0 Å². The van der Waals surface area contributed by atoms with E-state index in [0.29, 0.717) is 48.3 Å². The number of aliphatic hydroxyl groups excluding tert-OH is 12. The van der Waals surface area contributed by atoms with Gasteiger partial charge in [-0.25, -0.2) is 0 Å². The molecule has 22 heteroatoms. The molecule has 6 aliphatic heterocycles. The summed E-state index contributed by atoms with van der Waals surface area (Å²) in [5, 5.41) is 130. The summed E-state index contributed by atoms with van der Waals surface area (Å²) in [5.41, 5.74) is 1.47. The highest BCUT2D eigenvalue weighted by atomic mass is 16.8. The minimum absolute atomic E-state index is 0.0349. The quantitative estimate of drug-likeness (QED) is 0.1000. The maximum Gasteiger partial charge on any atom is 0.187 e. The van der Waals surface area contributed by atoms with E-state index in [0.717, 1.165) is 51.6 Å². The van der Waals surface area contributed by atoms with Crippen molar-refractivity contribution < 1.29 is 109 Å². The molecule has 6 saturated heterocycles. The molecule has 0 radical (unpaired) electrons. The first-order valence-electron chi connectivity index (χ1n) is 26.9. The van der Waals surface area contributed by atoms with Crippen molar-refractivity contribution in [3.63, 3.8) is 0 Å². The summed E-state index contributed by atoms with van der Waals surface area (Å²) in [6, 6.07) is 0. The van der Waals surface area contributed by atoms with Crippen LogP contribution in [0.5, 0.6) is 0 Å². The second-order valence-electron chi connectivity index (χ2n) is 23.9. The average Bonchev–Trinajstić information content (AvgIpc) is 3.82. The fourth-order valence-corrected chi connectivity index (χ4v) is 15.5. The Bertz CT molecular complexity index is 1920. The van der Waals surface area contributed by atoms with Gasteiger partial charge < -0.3 is 109 Å². The normalized spacial score (nSPS) is 57.1. The van der Waals surface area contributed by atoms with E-state index in [1.165, 1.54) is 12.5 Å². The van der Waals surface area contributed by atoms with Gasteiger partial charge in [-0.2, -0.15) is 0 Å². The Labute approximate surface area is 425 Å². The van der Waals surface area contributed by atoms with Gasteiger partial charge in [-0.1, -0.05) is 39.3 Å². The Hall–Kier alpha value is -1.14. The third-order valence-corrected chi connectivity index (χ3v) is 19.8. The zero-order valence-electron chi connectivity index (χ0n) is 42.4. The number of hydrogen-bond donors (Lipinski definition) is 12. The number of fused-ring (bicyclic) bond motifs is 7. The van der Waals surface area contributed by atoms with Gasteiger partial charge in [0, 0.05) is 12.3 Å². The number of aliphatic hydroxyl groups is 12. The minimum Gasteiger partial charge on any atom is -0.394 e. The molecule has 4 aliphatic carbocycles. The van der Waals surface area contributed by atoms with Gasteiger partial charge in [-0.3, -0.25) is 0 Å². The minimum atomic E-state index is -2.03. The fourth-order valence-electron chi connectivity index (χ4n) is 15.5. The van der Waals surface area contributed by atoms with Crippen LogP contribution in [0.15, 0.2) is 11.6 Å². The number of rotatable bonds is 11. The third-order valence-electron chi connectivity index (χ3n) is 19.8. The molecule has 0 aromatic rings. The van der Waals surface area contributed by atoms with Gasteiger partial charge in [0.1, 0.15) is 91.6 Å². The first-order valence-corrected chi connectivity index (χ1v) is 26.9. The predicted octanol–water partition coefficient (Wildman–Crippen LogP) is -1.96. The Balaban J connectivity index is 0.780. The first kappa shape index (κ1) is 55.2. The van der Waals surface area contributed by atoms with Gasteiger partial charge in [-0.15, -0.1) is 0 Å². The molecule has 73 heavy (non-hydrogen) atoms. The van der Waals surface area contributed by atoms with E-state index in [1.807, 2.05) is 0 Å². The maximum absolute atomic E-state index is 11.7. The van der Waals surface area contributed by atoms with E-state index in [1.54, 1.807) is 0 Å². The van der Waals surface area contributed by atoms with Crippen LogP contribution in [0.3, 0.4) is 0 Å². The van der Waals surface area contributed by atoms with Crippen LogP contribution in [-0.4, -0.2) is 229 Å². The van der Waals surface area contributed by atoms with Crippen molar-refractivity contribution in [2.75, 3.05) is 26.4 Å². The van der Waals surface area contributed by atoms with Gasteiger partial charge in [0.05, 0.1) is 44.7 Å². The zero-order valence-corrected chi connectivity index (χ0v) is 42.4. The summed E-state index contributed by atoms with van der Waals surface area (Å²) < 4.78 is 60.8. The lowest BCUT2D eigenvalue weighted by molar-refractivity contribution is -0.397. The van der Waals surface area contributed by atoms with Crippen molar-refractivity contribution in [1.82, 2.24) is 0 Å². The molecule has 3 saturated carbocycles. The van der Waals surface area contributed by atoms with Gasteiger partial charge in [0.15, 0.2) is 30.9 Å². The number of hydrogen-bond acceptors (Lipinski definition) is 22. The summed E-state index contributed by atoms with van der Waals surface area (Å²) in [6.45, 7) is 9.26. The molecule has 31 atom stereocenters. The van der Waals surface area contributed by atoms with Crippen molar-refractivity contribution >= 4 is 0 Å². The summed E-state index contributed by atoms with van der Waals surface area (Å²) in [5.74, 6) is 2.51. The molecule has 12 N–H and O–H groups in total.